The summed E-state index contributed by atoms with van der Waals surface area (Å²) in [6.45, 7) is 2.38. The second-order valence-corrected chi connectivity index (χ2v) is 8.07. The van der Waals surface area contributed by atoms with E-state index in [1.807, 2.05) is 41.3 Å². The van der Waals surface area contributed by atoms with Crippen LogP contribution >= 0.6 is 0 Å². The summed E-state index contributed by atoms with van der Waals surface area (Å²) in [6, 6.07) is 9.74. The molecular weight excluding hydrogens is 382 g/mol. The van der Waals surface area contributed by atoms with Gasteiger partial charge in [-0.3, -0.25) is 4.79 Å². The van der Waals surface area contributed by atoms with E-state index >= 15 is 0 Å². The third-order valence-corrected chi connectivity index (χ3v) is 6.19. The van der Waals surface area contributed by atoms with Gasteiger partial charge >= 0.3 is 0 Å². The zero-order chi connectivity index (χ0) is 20.7. The van der Waals surface area contributed by atoms with Gasteiger partial charge in [0.1, 0.15) is 5.52 Å². The Labute approximate surface area is 173 Å². The van der Waals surface area contributed by atoms with Crippen LogP contribution in [0.25, 0.3) is 17.2 Å². The molecule has 5 rings (SSSR count). The molecule has 2 fully saturated rings. The predicted molar refractivity (Wildman–Crippen MR) is 113 cm³/mol. The number of benzene rings is 1. The number of aromatic amines is 1. The second-order valence-electron chi connectivity index (χ2n) is 8.07. The van der Waals surface area contributed by atoms with E-state index in [0.29, 0.717) is 37.6 Å². The number of amides is 1. The third kappa shape index (κ3) is 3.07. The van der Waals surface area contributed by atoms with E-state index in [2.05, 4.69) is 24.8 Å². The van der Waals surface area contributed by atoms with Crippen molar-refractivity contribution in [2.24, 2.45) is 11.3 Å². The van der Waals surface area contributed by atoms with Gasteiger partial charge in [-0.1, -0.05) is 30.3 Å². The van der Waals surface area contributed by atoms with Crippen molar-refractivity contribution in [3.63, 3.8) is 0 Å². The Bertz CT molecular complexity index is 1110. The molecule has 0 aliphatic carbocycles. The Hall–Kier alpha value is -3.46. The van der Waals surface area contributed by atoms with Crippen LogP contribution in [0.15, 0.2) is 42.7 Å². The average molecular weight is 405 g/mol. The molecule has 2 atom stereocenters. The van der Waals surface area contributed by atoms with E-state index in [1.54, 1.807) is 12.4 Å². The van der Waals surface area contributed by atoms with Crippen LogP contribution in [0.3, 0.4) is 0 Å². The van der Waals surface area contributed by atoms with Gasteiger partial charge in [-0.2, -0.15) is 9.97 Å². The maximum atomic E-state index is 12.7. The lowest BCUT2D eigenvalue weighted by Crippen LogP contribution is -2.38. The number of hydrogen-bond donors (Lipinski definition) is 3. The van der Waals surface area contributed by atoms with Crippen molar-refractivity contribution in [3.8, 4) is 0 Å². The van der Waals surface area contributed by atoms with E-state index in [4.69, 9.17) is 5.73 Å². The van der Waals surface area contributed by atoms with Crippen LogP contribution in [0.2, 0.25) is 0 Å². The van der Waals surface area contributed by atoms with Crippen molar-refractivity contribution < 1.29 is 9.90 Å². The number of anilines is 2. The Morgan fingerprint density at radius 3 is 2.87 bits per heavy atom. The SMILES string of the molecule is Nc1nc(N2C[C@H]3CN(C(=O)C=Cc4ccccc4)C[C@@]3(CO)C2)c2[nH]cnc2n1. The van der Waals surface area contributed by atoms with Gasteiger partial charge in [0.05, 0.1) is 12.9 Å². The molecule has 2 aliphatic heterocycles. The molecule has 4 heterocycles. The van der Waals surface area contributed by atoms with E-state index < -0.39 is 0 Å². The number of H-pyrrole nitrogens is 1. The minimum atomic E-state index is -0.387. The van der Waals surface area contributed by atoms with Gasteiger partial charge in [0.2, 0.25) is 11.9 Å². The molecule has 0 spiro atoms. The average Bonchev–Trinajstić information content (AvgIpc) is 3.44. The molecule has 1 aromatic carbocycles. The molecule has 0 unspecified atom stereocenters. The number of hydrogen-bond acceptors (Lipinski definition) is 7. The molecule has 1 amide bonds. The number of nitrogen functional groups attached to an aromatic ring is 1. The van der Waals surface area contributed by atoms with E-state index in [-0.39, 0.29) is 29.8 Å². The van der Waals surface area contributed by atoms with Gasteiger partial charge in [-0.05, 0) is 11.6 Å². The van der Waals surface area contributed by atoms with Crippen molar-refractivity contribution in [2.75, 3.05) is 43.4 Å². The zero-order valence-electron chi connectivity index (χ0n) is 16.4. The largest absolute Gasteiger partial charge is 0.396 e. The van der Waals surface area contributed by atoms with Crippen LogP contribution in [0.4, 0.5) is 11.8 Å². The number of aromatic nitrogens is 4. The van der Waals surface area contributed by atoms with Gasteiger partial charge < -0.3 is 25.6 Å². The number of fused-ring (bicyclic) bond motifs is 2. The molecule has 30 heavy (non-hydrogen) atoms. The number of aliphatic hydroxyl groups excluding tert-OH is 1. The van der Waals surface area contributed by atoms with Gasteiger partial charge in [-0.15, -0.1) is 0 Å². The van der Waals surface area contributed by atoms with Crippen molar-refractivity contribution in [1.29, 1.82) is 0 Å². The standard InChI is InChI=1S/C21H23N7O2/c22-20-25-18-17(23-13-24-18)19(26-20)28-9-15-8-27(10-21(15,11-28)12-29)16(30)7-6-14-4-2-1-3-5-14/h1-7,13,15,29H,8-12H2,(H3,22,23,24,25,26)/t15-,21+/m1/s1. The first-order valence-corrected chi connectivity index (χ1v) is 9.92. The highest BCUT2D eigenvalue weighted by Crippen LogP contribution is 2.44. The van der Waals surface area contributed by atoms with E-state index in [9.17, 15) is 9.90 Å². The summed E-state index contributed by atoms with van der Waals surface area (Å²) < 4.78 is 0. The number of rotatable bonds is 4. The van der Waals surface area contributed by atoms with Crippen LogP contribution in [-0.4, -0.2) is 68.6 Å². The molecule has 3 aromatic rings. The monoisotopic (exact) mass is 405 g/mol. The minimum absolute atomic E-state index is 0.00698. The predicted octanol–water partition coefficient (Wildman–Crippen LogP) is 0.906. The maximum Gasteiger partial charge on any atom is 0.246 e. The highest BCUT2D eigenvalue weighted by molar-refractivity contribution is 5.92. The Kier molecular flexibility index (Phi) is 4.39. The second kappa shape index (κ2) is 7.10. The first-order chi connectivity index (χ1) is 14.6. The quantitative estimate of drug-likeness (QED) is 0.551. The van der Waals surface area contributed by atoms with Crippen molar-refractivity contribution in [1.82, 2.24) is 24.8 Å². The topological polar surface area (TPSA) is 124 Å². The highest BCUT2D eigenvalue weighted by atomic mass is 16.3. The van der Waals surface area contributed by atoms with Gasteiger partial charge in [0.15, 0.2) is 11.5 Å². The molecule has 0 radical (unpaired) electrons. The summed E-state index contributed by atoms with van der Waals surface area (Å²) >= 11 is 0. The molecule has 154 valence electrons. The molecule has 0 saturated carbocycles. The number of nitrogens with two attached hydrogens (primary N) is 1. The molecule has 4 N–H and O–H groups in total. The first kappa shape index (κ1) is 18.6. The van der Waals surface area contributed by atoms with Crippen LogP contribution < -0.4 is 10.6 Å². The van der Waals surface area contributed by atoms with Crippen molar-refractivity contribution in [2.45, 2.75) is 0 Å². The molecule has 2 saturated heterocycles. The van der Waals surface area contributed by atoms with Crippen molar-refractivity contribution in [3.05, 3.63) is 48.3 Å². The summed E-state index contributed by atoms with van der Waals surface area (Å²) in [5, 5.41) is 10.3. The number of imidazole rings is 1. The number of carbonyl (C=O) groups excluding carboxylic acids is 1. The molecule has 0 bridgehead atoms. The Morgan fingerprint density at radius 2 is 2.10 bits per heavy atom. The Morgan fingerprint density at radius 1 is 1.27 bits per heavy atom. The molecule has 2 aliphatic rings. The fourth-order valence-corrected chi connectivity index (χ4v) is 4.63. The zero-order valence-corrected chi connectivity index (χ0v) is 16.4. The lowest BCUT2D eigenvalue weighted by Gasteiger charge is -2.27. The summed E-state index contributed by atoms with van der Waals surface area (Å²) in [5.74, 6) is 0.974. The third-order valence-electron chi connectivity index (χ3n) is 6.19. The smallest absolute Gasteiger partial charge is 0.246 e. The summed E-state index contributed by atoms with van der Waals surface area (Å²) in [5.41, 5.74) is 7.72. The number of nitrogens with zero attached hydrogens (tertiary/aromatic N) is 5. The van der Waals surface area contributed by atoms with E-state index in [1.165, 1.54) is 0 Å². The van der Waals surface area contributed by atoms with Crippen LogP contribution in [0, 0.1) is 11.3 Å². The maximum absolute atomic E-state index is 12.7. The van der Waals surface area contributed by atoms with Crippen molar-refractivity contribution >= 4 is 34.9 Å². The lowest BCUT2D eigenvalue weighted by molar-refractivity contribution is -0.125. The Balaban J connectivity index is 1.34. The fraction of sp³-hybridized carbons (Fsp3) is 0.333. The fourth-order valence-electron chi connectivity index (χ4n) is 4.63. The van der Waals surface area contributed by atoms with Crippen LogP contribution in [0.5, 0.6) is 0 Å². The first-order valence-electron chi connectivity index (χ1n) is 9.92. The number of likely N-dealkylation sites (tertiary alicyclic amines) is 1. The number of carbonyl (C=O) groups is 1. The molecular formula is C21H23N7O2. The normalized spacial score (nSPS) is 23.6. The van der Waals surface area contributed by atoms with Crippen LogP contribution in [0.1, 0.15) is 5.56 Å². The number of nitrogens with one attached hydrogen (secondary N) is 1. The van der Waals surface area contributed by atoms with Gasteiger partial charge in [0.25, 0.3) is 0 Å². The number of aliphatic hydroxyl groups is 1. The van der Waals surface area contributed by atoms with Gasteiger partial charge in [0, 0.05) is 43.6 Å². The summed E-state index contributed by atoms with van der Waals surface area (Å²) in [7, 11) is 0. The minimum Gasteiger partial charge on any atom is -0.396 e. The van der Waals surface area contributed by atoms with Crippen LogP contribution in [-0.2, 0) is 4.79 Å². The van der Waals surface area contributed by atoms with Gasteiger partial charge in [-0.25, -0.2) is 4.98 Å². The highest BCUT2D eigenvalue weighted by Gasteiger charge is 2.53. The molecule has 2 aromatic heterocycles. The molecule has 9 heteroatoms. The molecule has 9 nitrogen and oxygen atoms in total. The summed E-state index contributed by atoms with van der Waals surface area (Å²) in [6.07, 6.45) is 5.01. The lowest BCUT2D eigenvalue weighted by atomic mass is 9.82. The summed E-state index contributed by atoms with van der Waals surface area (Å²) in [4.78, 5) is 32.5. The van der Waals surface area contributed by atoms with E-state index in [0.717, 1.165) is 11.1 Å².